The zero-order valence-electron chi connectivity index (χ0n) is 16.5. The Morgan fingerprint density at radius 3 is 2.58 bits per heavy atom. The second-order valence-corrected chi connectivity index (χ2v) is 5.50. The summed E-state index contributed by atoms with van der Waals surface area (Å²) in [5.74, 6) is 2.18. The van der Waals surface area contributed by atoms with Gasteiger partial charge in [-0.15, -0.1) is 0 Å². The molecule has 26 heavy (non-hydrogen) atoms. The summed E-state index contributed by atoms with van der Waals surface area (Å²) < 4.78 is 21.3. The number of hydrogen-bond acceptors (Lipinski definition) is 5. The molecule has 0 spiro atoms. The second kappa shape index (κ2) is 14.2. The van der Waals surface area contributed by atoms with Gasteiger partial charge in [0.25, 0.3) is 0 Å². The SMILES string of the molecule is CCNC(=NCCCCOCCOC)Nc1ccc(OCC)c(OC)c1. The quantitative estimate of drug-likeness (QED) is 0.317. The maximum Gasteiger partial charge on any atom is 0.195 e. The molecule has 1 aromatic rings. The summed E-state index contributed by atoms with van der Waals surface area (Å²) in [6.45, 7) is 8.13. The van der Waals surface area contributed by atoms with Crippen LogP contribution in [0.5, 0.6) is 11.5 Å². The van der Waals surface area contributed by atoms with E-state index in [0.717, 1.165) is 49.9 Å². The van der Waals surface area contributed by atoms with E-state index in [1.807, 2.05) is 32.0 Å². The fraction of sp³-hybridized carbons (Fsp3) is 0.632. The first-order valence-corrected chi connectivity index (χ1v) is 9.18. The summed E-state index contributed by atoms with van der Waals surface area (Å²) in [6, 6.07) is 5.75. The molecule has 0 aliphatic heterocycles. The molecule has 0 fully saturated rings. The van der Waals surface area contributed by atoms with E-state index in [1.165, 1.54) is 0 Å². The van der Waals surface area contributed by atoms with Gasteiger partial charge < -0.3 is 29.6 Å². The Morgan fingerprint density at radius 1 is 1.04 bits per heavy atom. The predicted molar refractivity (Wildman–Crippen MR) is 106 cm³/mol. The van der Waals surface area contributed by atoms with Gasteiger partial charge in [0, 0.05) is 38.6 Å². The van der Waals surface area contributed by atoms with Crippen molar-refractivity contribution in [2.75, 3.05) is 59.1 Å². The molecule has 1 aromatic carbocycles. The predicted octanol–water partition coefficient (Wildman–Crippen LogP) is 2.91. The van der Waals surface area contributed by atoms with Crippen LogP contribution in [0.15, 0.2) is 23.2 Å². The number of aliphatic imine (C=N–C) groups is 1. The van der Waals surface area contributed by atoms with Gasteiger partial charge in [-0.2, -0.15) is 0 Å². The molecule has 1 rings (SSSR count). The average molecular weight is 367 g/mol. The fourth-order valence-electron chi connectivity index (χ4n) is 2.21. The second-order valence-electron chi connectivity index (χ2n) is 5.50. The zero-order chi connectivity index (χ0) is 19.0. The Balaban J connectivity index is 2.50. The van der Waals surface area contributed by atoms with Crippen LogP contribution in [-0.4, -0.2) is 59.7 Å². The fourth-order valence-corrected chi connectivity index (χ4v) is 2.21. The first-order valence-electron chi connectivity index (χ1n) is 9.18. The maximum atomic E-state index is 5.54. The lowest BCUT2D eigenvalue weighted by molar-refractivity contribution is 0.0690. The maximum absolute atomic E-state index is 5.54. The van der Waals surface area contributed by atoms with Crippen LogP contribution in [0, 0.1) is 0 Å². The number of nitrogens with zero attached hydrogens (tertiary/aromatic N) is 1. The van der Waals surface area contributed by atoms with E-state index in [1.54, 1.807) is 14.2 Å². The first kappa shape index (κ1) is 22.1. The highest BCUT2D eigenvalue weighted by Gasteiger charge is 2.06. The molecular formula is C19H33N3O4. The van der Waals surface area contributed by atoms with Crippen LogP contribution in [0.4, 0.5) is 5.69 Å². The van der Waals surface area contributed by atoms with Gasteiger partial charge in [-0.25, -0.2) is 0 Å². The monoisotopic (exact) mass is 367 g/mol. The summed E-state index contributed by atoms with van der Waals surface area (Å²) in [6.07, 6.45) is 1.94. The minimum Gasteiger partial charge on any atom is -0.493 e. The Kier molecular flexibility index (Phi) is 12.1. The molecule has 0 saturated heterocycles. The highest BCUT2D eigenvalue weighted by molar-refractivity contribution is 5.93. The van der Waals surface area contributed by atoms with E-state index in [4.69, 9.17) is 18.9 Å². The Bertz CT molecular complexity index is 524. The van der Waals surface area contributed by atoms with Crippen molar-refractivity contribution in [2.45, 2.75) is 26.7 Å². The van der Waals surface area contributed by atoms with Crippen molar-refractivity contribution in [3.63, 3.8) is 0 Å². The summed E-state index contributed by atoms with van der Waals surface area (Å²) in [5.41, 5.74) is 0.896. The number of hydrogen-bond donors (Lipinski definition) is 2. The van der Waals surface area contributed by atoms with E-state index in [0.29, 0.717) is 25.6 Å². The molecule has 7 nitrogen and oxygen atoms in total. The normalized spacial score (nSPS) is 11.3. The Hall–Kier alpha value is -1.99. The average Bonchev–Trinajstić information content (AvgIpc) is 2.65. The molecule has 0 bridgehead atoms. The van der Waals surface area contributed by atoms with Crippen LogP contribution in [0.3, 0.4) is 0 Å². The lowest BCUT2D eigenvalue weighted by Crippen LogP contribution is -2.30. The third-order valence-corrected chi connectivity index (χ3v) is 3.47. The van der Waals surface area contributed by atoms with Gasteiger partial charge in [0.2, 0.25) is 0 Å². The van der Waals surface area contributed by atoms with Crippen LogP contribution >= 0.6 is 0 Å². The van der Waals surface area contributed by atoms with E-state index in [2.05, 4.69) is 15.6 Å². The summed E-state index contributed by atoms with van der Waals surface area (Å²) in [5, 5.41) is 6.54. The van der Waals surface area contributed by atoms with Crippen molar-refractivity contribution in [3.05, 3.63) is 18.2 Å². The van der Waals surface area contributed by atoms with Crippen molar-refractivity contribution in [3.8, 4) is 11.5 Å². The van der Waals surface area contributed by atoms with Gasteiger partial charge in [0.1, 0.15) is 0 Å². The Morgan fingerprint density at radius 2 is 1.88 bits per heavy atom. The third kappa shape index (κ3) is 8.92. The molecule has 0 aromatic heterocycles. The number of methoxy groups -OCH3 is 2. The van der Waals surface area contributed by atoms with Crippen molar-refractivity contribution >= 4 is 11.6 Å². The molecule has 0 aliphatic carbocycles. The number of unbranched alkanes of at least 4 members (excludes halogenated alkanes) is 1. The molecule has 0 radical (unpaired) electrons. The van der Waals surface area contributed by atoms with Crippen molar-refractivity contribution in [2.24, 2.45) is 4.99 Å². The molecule has 0 heterocycles. The van der Waals surface area contributed by atoms with E-state index in [9.17, 15) is 0 Å². The summed E-state index contributed by atoms with van der Waals surface area (Å²) in [7, 11) is 3.31. The minimum absolute atomic E-state index is 0.600. The van der Waals surface area contributed by atoms with Gasteiger partial charge in [0.05, 0.1) is 26.9 Å². The van der Waals surface area contributed by atoms with Crippen LogP contribution in [0.1, 0.15) is 26.7 Å². The van der Waals surface area contributed by atoms with Gasteiger partial charge >= 0.3 is 0 Å². The lowest BCUT2D eigenvalue weighted by atomic mass is 10.2. The third-order valence-electron chi connectivity index (χ3n) is 3.47. The number of guanidine groups is 1. The molecule has 0 aliphatic rings. The molecule has 0 amide bonds. The number of ether oxygens (including phenoxy) is 4. The van der Waals surface area contributed by atoms with Crippen molar-refractivity contribution < 1.29 is 18.9 Å². The largest absolute Gasteiger partial charge is 0.493 e. The van der Waals surface area contributed by atoms with E-state index >= 15 is 0 Å². The molecule has 0 atom stereocenters. The van der Waals surface area contributed by atoms with Crippen molar-refractivity contribution in [1.29, 1.82) is 0 Å². The number of anilines is 1. The van der Waals surface area contributed by atoms with Gasteiger partial charge in [0.15, 0.2) is 17.5 Å². The Labute approximate surface area is 157 Å². The van der Waals surface area contributed by atoms with Crippen LogP contribution < -0.4 is 20.1 Å². The zero-order valence-corrected chi connectivity index (χ0v) is 16.5. The molecule has 2 N–H and O–H groups in total. The lowest BCUT2D eigenvalue weighted by Gasteiger charge is -2.14. The summed E-state index contributed by atoms with van der Waals surface area (Å²) >= 11 is 0. The van der Waals surface area contributed by atoms with Gasteiger partial charge in [-0.1, -0.05) is 0 Å². The van der Waals surface area contributed by atoms with Crippen LogP contribution in [0.25, 0.3) is 0 Å². The first-order chi connectivity index (χ1) is 12.7. The van der Waals surface area contributed by atoms with E-state index in [-0.39, 0.29) is 0 Å². The molecular weight excluding hydrogens is 334 g/mol. The topological polar surface area (TPSA) is 73.3 Å². The smallest absolute Gasteiger partial charge is 0.195 e. The molecule has 0 saturated carbocycles. The number of benzene rings is 1. The highest BCUT2D eigenvalue weighted by Crippen LogP contribution is 2.30. The minimum atomic E-state index is 0.600. The highest BCUT2D eigenvalue weighted by atomic mass is 16.5. The van der Waals surface area contributed by atoms with E-state index < -0.39 is 0 Å². The van der Waals surface area contributed by atoms with Crippen LogP contribution in [0.2, 0.25) is 0 Å². The number of nitrogens with one attached hydrogen (secondary N) is 2. The van der Waals surface area contributed by atoms with Gasteiger partial charge in [-0.3, -0.25) is 4.99 Å². The molecule has 0 unspecified atom stereocenters. The van der Waals surface area contributed by atoms with Gasteiger partial charge in [-0.05, 0) is 38.8 Å². The van der Waals surface area contributed by atoms with Crippen LogP contribution in [-0.2, 0) is 9.47 Å². The summed E-state index contributed by atoms with van der Waals surface area (Å²) in [4.78, 5) is 4.60. The standard InChI is InChI=1S/C19H33N3O4/c1-5-20-19(21-11-7-8-12-25-14-13-23-3)22-16-9-10-17(26-6-2)18(15-16)24-4/h9-10,15H,5-8,11-14H2,1-4H3,(H2,20,21,22). The molecule has 7 heteroatoms. The number of rotatable bonds is 13. The molecule has 148 valence electrons. The van der Waals surface area contributed by atoms with Crippen molar-refractivity contribution in [1.82, 2.24) is 5.32 Å².